The summed E-state index contributed by atoms with van der Waals surface area (Å²) in [5, 5.41) is 11.6. The largest absolute Gasteiger partial charge is 0.354 e. The maximum atomic E-state index is 8.28. The summed E-state index contributed by atoms with van der Waals surface area (Å²) in [6.07, 6.45) is 8.25. The number of nitrogens with one attached hydrogen (secondary N) is 2. The summed E-state index contributed by atoms with van der Waals surface area (Å²) in [5.74, 6) is 0.997. The zero-order valence-electron chi connectivity index (χ0n) is 10.1. The molecular formula is C13H19N3S. The molecule has 3 nitrogen and oxygen atoms in total. The van der Waals surface area contributed by atoms with Crippen LogP contribution in [-0.2, 0) is 0 Å². The highest BCUT2D eigenvalue weighted by Crippen LogP contribution is 2.21. The van der Waals surface area contributed by atoms with Crippen LogP contribution in [0.15, 0.2) is 34.8 Å². The molecule has 0 aromatic heterocycles. The molecule has 17 heavy (non-hydrogen) atoms. The van der Waals surface area contributed by atoms with E-state index < -0.39 is 0 Å². The van der Waals surface area contributed by atoms with Crippen molar-refractivity contribution in [2.45, 2.75) is 6.92 Å². The van der Waals surface area contributed by atoms with E-state index in [2.05, 4.69) is 41.9 Å². The van der Waals surface area contributed by atoms with Gasteiger partial charge in [0.15, 0.2) is 0 Å². The topological polar surface area (TPSA) is 39.1 Å². The van der Waals surface area contributed by atoms with Crippen molar-refractivity contribution in [3.8, 4) is 0 Å². The molecule has 1 heterocycles. The van der Waals surface area contributed by atoms with Gasteiger partial charge in [-0.2, -0.15) is 0 Å². The molecule has 1 atom stereocenters. The third-order valence-electron chi connectivity index (χ3n) is 3.09. The van der Waals surface area contributed by atoms with Gasteiger partial charge >= 0.3 is 0 Å². The lowest BCUT2D eigenvalue weighted by molar-refractivity contribution is 0.356. The van der Waals surface area contributed by atoms with E-state index >= 15 is 0 Å². The lowest BCUT2D eigenvalue weighted by Crippen LogP contribution is -2.46. The Morgan fingerprint density at radius 2 is 2.00 bits per heavy atom. The maximum Gasteiger partial charge on any atom is 0.129 e. The first kappa shape index (κ1) is 12.5. The van der Waals surface area contributed by atoms with E-state index in [1.807, 2.05) is 12.2 Å². The van der Waals surface area contributed by atoms with Gasteiger partial charge in [0.2, 0.25) is 0 Å². The molecule has 0 amide bonds. The first-order valence-electron chi connectivity index (χ1n) is 6.02. The van der Waals surface area contributed by atoms with Crippen molar-refractivity contribution in [1.29, 1.82) is 5.41 Å². The first-order chi connectivity index (χ1) is 8.18. The van der Waals surface area contributed by atoms with E-state index in [4.69, 9.17) is 5.41 Å². The van der Waals surface area contributed by atoms with Crippen LogP contribution in [0.5, 0.6) is 0 Å². The smallest absolute Gasteiger partial charge is 0.129 e. The number of amidine groups is 1. The summed E-state index contributed by atoms with van der Waals surface area (Å²) >= 11 is 4.48. The third kappa shape index (κ3) is 3.01. The van der Waals surface area contributed by atoms with Crippen molar-refractivity contribution in [2.75, 3.05) is 26.2 Å². The Bertz CT molecular complexity index is 389. The number of hydrogen-bond acceptors (Lipinski definition) is 3. The van der Waals surface area contributed by atoms with Gasteiger partial charge in [-0.15, -0.1) is 12.6 Å². The molecule has 0 spiro atoms. The van der Waals surface area contributed by atoms with Gasteiger partial charge < -0.3 is 10.2 Å². The molecule has 2 aliphatic rings. The van der Waals surface area contributed by atoms with Crippen molar-refractivity contribution < 1.29 is 0 Å². The van der Waals surface area contributed by atoms with Gasteiger partial charge in [-0.25, -0.2) is 0 Å². The molecule has 2 N–H and O–H groups in total. The summed E-state index contributed by atoms with van der Waals surface area (Å²) in [4.78, 5) is 2.99. The number of thiol groups is 1. The number of allylic oxidation sites excluding steroid dienone is 3. The van der Waals surface area contributed by atoms with Gasteiger partial charge in [-0.3, -0.25) is 5.41 Å². The lowest BCUT2D eigenvalue weighted by atomic mass is 10.1. The standard InChI is InChI=1S/C13H19N3S/c1-10-2-4-11(12(17)5-3-10)13(14)16-8-6-15-7-9-16/h2-5,10,14-15,17H,6-9H2,1H3. The average molecular weight is 249 g/mol. The van der Waals surface area contributed by atoms with Crippen LogP contribution in [0.3, 0.4) is 0 Å². The van der Waals surface area contributed by atoms with Gasteiger partial charge in [-0.05, 0) is 5.92 Å². The van der Waals surface area contributed by atoms with Crippen LogP contribution in [0.2, 0.25) is 0 Å². The van der Waals surface area contributed by atoms with Crippen molar-refractivity contribution in [1.82, 2.24) is 10.2 Å². The van der Waals surface area contributed by atoms with Crippen LogP contribution in [0, 0.1) is 11.3 Å². The van der Waals surface area contributed by atoms with Gasteiger partial charge in [0.25, 0.3) is 0 Å². The molecule has 0 radical (unpaired) electrons. The quantitative estimate of drug-likeness (QED) is 0.377. The fourth-order valence-electron chi connectivity index (χ4n) is 1.99. The Balaban J connectivity index is 2.17. The average Bonchev–Trinajstić information content (AvgIpc) is 2.52. The summed E-state index contributed by atoms with van der Waals surface area (Å²) in [6.45, 7) is 5.83. The van der Waals surface area contributed by atoms with Crippen LogP contribution in [0.4, 0.5) is 0 Å². The molecule has 92 valence electrons. The Morgan fingerprint density at radius 1 is 1.35 bits per heavy atom. The number of hydrogen-bond donors (Lipinski definition) is 3. The highest BCUT2D eigenvalue weighted by atomic mass is 32.1. The Morgan fingerprint density at radius 3 is 2.71 bits per heavy atom. The molecule has 1 aliphatic carbocycles. The van der Waals surface area contributed by atoms with Crippen LogP contribution in [-0.4, -0.2) is 36.9 Å². The molecule has 2 rings (SSSR count). The molecule has 1 fully saturated rings. The summed E-state index contributed by atoms with van der Waals surface area (Å²) in [5.41, 5.74) is 0.927. The van der Waals surface area contributed by atoms with Crippen molar-refractivity contribution in [2.24, 2.45) is 5.92 Å². The second-order valence-corrected chi connectivity index (χ2v) is 4.94. The molecule has 0 bridgehead atoms. The third-order valence-corrected chi connectivity index (χ3v) is 3.48. The molecule has 0 aromatic carbocycles. The summed E-state index contributed by atoms with van der Waals surface area (Å²) in [6, 6.07) is 0. The molecule has 0 aromatic rings. The van der Waals surface area contributed by atoms with Crippen LogP contribution < -0.4 is 5.32 Å². The maximum absolute atomic E-state index is 8.28. The number of nitrogens with zero attached hydrogens (tertiary/aromatic N) is 1. The molecule has 1 saturated heterocycles. The van der Waals surface area contributed by atoms with E-state index in [1.54, 1.807) is 0 Å². The second-order valence-electron chi connectivity index (χ2n) is 4.46. The first-order valence-corrected chi connectivity index (χ1v) is 6.47. The molecule has 0 saturated carbocycles. The van der Waals surface area contributed by atoms with Gasteiger partial charge in [-0.1, -0.05) is 31.2 Å². The van der Waals surface area contributed by atoms with E-state index in [0.29, 0.717) is 11.8 Å². The Labute approximate surface area is 108 Å². The van der Waals surface area contributed by atoms with E-state index in [1.165, 1.54) is 0 Å². The van der Waals surface area contributed by atoms with Crippen LogP contribution in [0.25, 0.3) is 0 Å². The normalized spacial score (nSPS) is 25.1. The van der Waals surface area contributed by atoms with Gasteiger partial charge in [0, 0.05) is 36.7 Å². The van der Waals surface area contributed by atoms with Crippen molar-refractivity contribution in [3.05, 3.63) is 34.8 Å². The van der Waals surface area contributed by atoms with Crippen LogP contribution in [0.1, 0.15) is 6.92 Å². The molecule has 1 unspecified atom stereocenters. The minimum absolute atomic E-state index is 0.408. The molecular weight excluding hydrogens is 230 g/mol. The monoisotopic (exact) mass is 249 g/mol. The van der Waals surface area contributed by atoms with E-state index in [0.717, 1.165) is 36.7 Å². The SMILES string of the molecule is CC1C=CC(S)=C(C(=N)N2CCNCC2)C=C1. The predicted molar refractivity (Wildman–Crippen MR) is 75.6 cm³/mol. The Kier molecular flexibility index (Phi) is 4.07. The fraction of sp³-hybridized carbons (Fsp3) is 0.462. The molecule has 4 heteroatoms. The highest BCUT2D eigenvalue weighted by molar-refractivity contribution is 7.84. The predicted octanol–water partition coefficient (Wildman–Crippen LogP) is 1.81. The molecule has 1 aliphatic heterocycles. The van der Waals surface area contributed by atoms with Crippen molar-refractivity contribution in [3.63, 3.8) is 0 Å². The lowest BCUT2D eigenvalue weighted by Gasteiger charge is -2.30. The summed E-state index contributed by atoms with van der Waals surface area (Å²) in [7, 11) is 0. The van der Waals surface area contributed by atoms with Crippen LogP contribution >= 0.6 is 12.6 Å². The zero-order chi connectivity index (χ0) is 12.3. The van der Waals surface area contributed by atoms with Crippen molar-refractivity contribution >= 4 is 18.5 Å². The van der Waals surface area contributed by atoms with E-state index in [-0.39, 0.29) is 0 Å². The second kappa shape index (κ2) is 5.56. The number of rotatable bonds is 1. The number of piperazine rings is 1. The highest BCUT2D eigenvalue weighted by Gasteiger charge is 2.17. The minimum Gasteiger partial charge on any atom is -0.354 e. The minimum atomic E-state index is 0.408. The Hall–Kier alpha value is -1.00. The van der Waals surface area contributed by atoms with E-state index in [9.17, 15) is 0 Å². The summed E-state index contributed by atoms with van der Waals surface area (Å²) < 4.78 is 0. The fourth-order valence-corrected chi connectivity index (χ4v) is 2.26. The van der Waals surface area contributed by atoms with Gasteiger partial charge in [0.1, 0.15) is 5.84 Å². The zero-order valence-corrected chi connectivity index (χ0v) is 11.0. The van der Waals surface area contributed by atoms with Gasteiger partial charge in [0.05, 0.1) is 0 Å².